The van der Waals surface area contributed by atoms with E-state index >= 15 is 0 Å². The average Bonchev–Trinajstić information content (AvgIpc) is 1.54. The molecule has 0 heterocycles. The van der Waals surface area contributed by atoms with Gasteiger partial charge in [-0.2, -0.15) is 0 Å². The predicted octanol–water partition coefficient (Wildman–Crippen LogP) is -0.321. The highest BCUT2D eigenvalue weighted by atomic mass is 16.6. The average molecular weight is 183 g/mol. The highest BCUT2D eigenvalue weighted by Crippen LogP contribution is 1.40. The van der Waals surface area contributed by atoms with Crippen LogP contribution in [-0.2, 0) is 0 Å². The highest BCUT2D eigenvalue weighted by molar-refractivity contribution is 3.92. The van der Waals surface area contributed by atoms with Gasteiger partial charge < -0.3 is 0 Å². The van der Waals surface area contributed by atoms with Gasteiger partial charge >= 0.3 is 0 Å². The molecule has 0 atom stereocenters. The van der Waals surface area contributed by atoms with Gasteiger partial charge in [-0.05, 0) is 0 Å². The number of nitro groups is 3. The lowest BCUT2D eigenvalue weighted by molar-refractivity contribution is -0.445. The second-order valence-corrected chi connectivity index (χ2v) is 1.32. The zero-order valence-corrected chi connectivity index (χ0v) is 6.79. The van der Waals surface area contributed by atoms with E-state index < -0.39 is 14.8 Å². The highest BCUT2D eigenvalue weighted by Gasteiger charge is 1.57. The summed E-state index contributed by atoms with van der Waals surface area (Å²) in [5.41, 5.74) is 0. The molecule has 0 amide bonds. The monoisotopic (exact) mass is 183 g/mol. The molecule has 0 aromatic rings. The van der Waals surface area contributed by atoms with Crippen LogP contribution in [0.4, 0.5) is 0 Å². The lowest BCUT2D eigenvalue weighted by Gasteiger charge is -1.63. The first-order valence-corrected chi connectivity index (χ1v) is 2.44. The van der Waals surface area contributed by atoms with Crippen LogP contribution in [0.1, 0.15) is 0 Å². The van der Waals surface area contributed by atoms with Crippen molar-refractivity contribution in [1.82, 2.24) is 0 Å². The Morgan fingerprint density at radius 1 is 0.667 bits per heavy atom. The van der Waals surface area contributed by atoms with Crippen molar-refractivity contribution in [3.05, 3.63) is 30.3 Å². The molecule has 0 aliphatic rings. The van der Waals surface area contributed by atoms with Crippen molar-refractivity contribution in [2.45, 2.75) is 0 Å². The Labute approximate surface area is 67.4 Å². The van der Waals surface area contributed by atoms with Gasteiger partial charge in [0.25, 0.3) is 0 Å². The van der Waals surface area contributed by atoms with Crippen molar-refractivity contribution in [2.24, 2.45) is 0 Å². The third-order valence-electron chi connectivity index (χ3n) is 0. The molecule has 0 N–H and O–H groups in total. The van der Waals surface area contributed by atoms with Crippen molar-refractivity contribution in [2.75, 3.05) is 21.1 Å². The summed E-state index contributed by atoms with van der Waals surface area (Å²) in [6.45, 7) is 0. The normalized spacial score (nSPS) is 6.25. The van der Waals surface area contributed by atoms with E-state index in [-0.39, 0.29) is 0 Å². The first kappa shape index (κ1) is 16.7. The molecule has 9 heteroatoms. The first-order valence-electron chi connectivity index (χ1n) is 2.44. The fourth-order valence-electron chi connectivity index (χ4n) is 0. The minimum atomic E-state index is -0.500. The molecule has 0 fully saturated rings. The van der Waals surface area contributed by atoms with Crippen LogP contribution in [0.25, 0.3) is 0 Å². The van der Waals surface area contributed by atoms with Crippen LogP contribution in [-0.4, -0.2) is 35.9 Å². The number of hydrogen-bond donors (Lipinski definition) is 0. The molecule has 9 nitrogen and oxygen atoms in total. The molecule has 0 radical (unpaired) electrons. The smallest absolute Gasteiger partial charge is 0.194 e. The molecule has 72 valence electrons. The molecule has 0 spiro atoms. The molecule has 0 aliphatic carbocycles. The Kier molecular flexibility index (Phi) is 16.6. The molecule has 0 saturated carbocycles. The number of nitrogens with zero attached hydrogens (tertiary/aromatic N) is 3. The molecule has 12 heavy (non-hydrogen) atoms. The van der Waals surface area contributed by atoms with E-state index in [1.807, 2.05) is 0 Å². The van der Waals surface area contributed by atoms with E-state index in [9.17, 15) is 0 Å². The maximum absolute atomic E-state index is 8.81. The van der Waals surface area contributed by atoms with Gasteiger partial charge in [0.15, 0.2) is 21.1 Å². The summed E-state index contributed by atoms with van der Waals surface area (Å²) in [7, 11) is 2.67. The molecule has 0 aromatic heterocycles. The number of rotatable bonds is 0. The second kappa shape index (κ2) is 11.9. The summed E-state index contributed by atoms with van der Waals surface area (Å²) < 4.78 is 0. The second-order valence-electron chi connectivity index (χ2n) is 1.32. The number of hydrogen-bond acceptors (Lipinski definition) is 6. The van der Waals surface area contributed by atoms with Crippen molar-refractivity contribution >= 4 is 0 Å². The summed E-state index contributed by atoms with van der Waals surface area (Å²) in [4.78, 5) is 24.9. The molecular weight excluding hydrogens is 174 g/mol. The minimum Gasteiger partial charge on any atom is -0.265 e. The molecule has 0 aromatic carbocycles. The zero-order chi connectivity index (χ0) is 10.7. The van der Waals surface area contributed by atoms with Gasteiger partial charge in [-0.25, -0.2) is 0 Å². The van der Waals surface area contributed by atoms with Gasteiger partial charge in [-0.1, -0.05) is 0 Å². The van der Waals surface area contributed by atoms with Gasteiger partial charge in [0.05, 0.1) is 0 Å². The lowest BCUT2D eigenvalue weighted by atomic mass is 11.5. The summed E-state index contributed by atoms with van der Waals surface area (Å²) in [5.74, 6) is 0. The van der Waals surface area contributed by atoms with Crippen LogP contribution in [0.15, 0.2) is 0 Å². The largest absolute Gasteiger partial charge is 0.265 e. The van der Waals surface area contributed by atoms with Crippen LogP contribution in [0.5, 0.6) is 0 Å². The zero-order valence-electron chi connectivity index (χ0n) is 6.79. The van der Waals surface area contributed by atoms with E-state index in [1.165, 1.54) is 0 Å². The van der Waals surface area contributed by atoms with Crippen LogP contribution < -0.4 is 0 Å². The minimum absolute atomic E-state index is 0.500. The van der Waals surface area contributed by atoms with Gasteiger partial charge in [0, 0.05) is 14.8 Å². The van der Waals surface area contributed by atoms with E-state index in [4.69, 9.17) is 30.3 Å². The third-order valence-corrected chi connectivity index (χ3v) is 0. The third kappa shape index (κ3) is 131. The predicted molar refractivity (Wildman–Crippen MR) is 38.8 cm³/mol. The molecule has 0 saturated heterocycles. The van der Waals surface area contributed by atoms with Gasteiger partial charge in [-0.15, -0.1) is 0 Å². The van der Waals surface area contributed by atoms with Crippen molar-refractivity contribution in [3.63, 3.8) is 0 Å². The fourth-order valence-corrected chi connectivity index (χ4v) is 0. The summed E-state index contributed by atoms with van der Waals surface area (Å²) in [5, 5.41) is 26.4. The fraction of sp³-hybridized carbons (Fsp3) is 1.00. The van der Waals surface area contributed by atoms with Crippen LogP contribution >= 0.6 is 0 Å². The Balaban J connectivity index is -0.000000101. The van der Waals surface area contributed by atoms with Crippen molar-refractivity contribution in [3.8, 4) is 0 Å². The van der Waals surface area contributed by atoms with Crippen molar-refractivity contribution < 1.29 is 14.8 Å². The summed E-state index contributed by atoms with van der Waals surface area (Å²) >= 11 is 0. The van der Waals surface area contributed by atoms with E-state index in [0.29, 0.717) is 0 Å². The first-order chi connectivity index (χ1) is 5.20. The van der Waals surface area contributed by atoms with E-state index in [1.54, 1.807) is 0 Å². The van der Waals surface area contributed by atoms with Crippen molar-refractivity contribution in [1.29, 1.82) is 0 Å². The lowest BCUT2D eigenvalue weighted by Crippen LogP contribution is -1.79. The molecule has 0 aliphatic heterocycles. The van der Waals surface area contributed by atoms with Gasteiger partial charge in [0.2, 0.25) is 0 Å². The summed E-state index contributed by atoms with van der Waals surface area (Å²) in [6.07, 6.45) is 0. The Hall–Kier alpha value is -1.80. The Morgan fingerprint density at radius 3 is 0.667 bits per heavy atom. The van der Waals surface area contributed by atoms with Crippen LogP contribution in [0, 0.1) is 30.3 Å². The van der Waals surface area contributed by atoms with E-state index in [2.05, 4.69) is 0 Å². The standard InChI is InChI=1S/3CH3NO2/c3*1-2(3)4/h3*1H3. The SMILES string of the molecule is C[N+](=O)[O-].C[N+](=O)[O-].C[N+](=O)[O-]. The Bertz CT molecular complexity index is 116. The molecule has 0 bridgehead atoms. The molecule has 0 rings (SSSR count). The molecule has 0 unspecified atom stereocenters. The summed E-state index contributed by atoms with van der Waals surface area (Å²) in [6, 6.07) is 0. The van der Waals surface area contributed by atoms with E-state index in [0.717, 1.165) is 21.1 Å². The maximum Gasteiger partial charge on any atom is 0.194 e. The van der Waals surface area contributed by atoms with Crippen LogP contribution in [0.2, 0.25) is 0 Å². The topological polar surface area (TPSA) is 129 Å². The van der Waals surface area contributed by atoms with Gasteiger partial charge in [0.1, 0.15) is 0 Å². The Morgan fingerprint density at radius 2 is 0.667 bits per heavy atom. The molecular formula is C3H9N3O6. The maximum atomic E-state index is 8.81. The van der Waals surface area contributed by atoms with Crippen LogP contribution in [0.3, 0.4) is 0 Å². The van der Waals surface area contributed by atoms with Gasteiger partial charge in [-0.3, -0.25) is 30.3 Å². The quantitative estimate of drug-likeness (QED) is 0.373.